The quantitative estimate of drug-likeness (QED) is 0.754. The fraction of sp³-hybridized carbons (Fsp3) is 0.786. The second-order valence-corrected chi connectivity index (χ2v) is 6.73. The Balaban J connectivity index is 4.63. The molecule has 0 unspecified atom stereocenters. The van der Waals surface area contributed by atoms with Gasteiger partial charge >= 0.3 is 18.0 Å². The van der Waals surface area contributed by atoms with E-state index in [0.29, 0.717) is 0 Å². The second-order valence-electron chi connectivity index (χ2n) is 6.73. The van der Waals surface area contributed by atoms with Crippen LogP contribution in [0.15, 0.2) is 0 Å². The number of carboxylic acids is 1. The van der Waals surface area contributed by atoms with Crippen molar-refractivity contribution in [2.75, 3.05) is 0 Å². The lowest BCUT2D eigenvalue weighted by Gasteiger charge is -2.24. The molecule has 7 nitrogen and oxygen atoms in total. The SMILES string of the molecule is CC(C)(C)OC(=O)C[C@H](CC(=O)O)NC(=O)OC(C)(C)C. The van der Waals surface area contributed by atoms with E-state index in [9.17, 15) is 14.4 Å². The lowest BCUT2D eigenvalue weighted by atomic mass is 10.1. The van der Waals surface area contributed by atoms with Gasteiger partial charge in [-0.15, -0.1) is 0 Å². The first-order chi connectivity index (χ1) is 9.28. The summed E-state index contributed by atoms with van der Waals surface area (Å²) in [6.45, 7) is 10.2. The van der Waals surface area contributed by atoms with Crippen LogP contribution in [0, 0.1) is 0 Å². The summed E-state index contributed by atoms with van der Waals surface area (Å²) >= 11 is 0. The first-order valence-electron chi connectivity index (χ1n) is 6.71. The highest BCUT2D eigenvalue weighted by Gasteiger charge is 2.25. The van der Waals surface area contributed by atoms with Crippen molar-refractivity contribution in [3.63, 3.8) is 0 Å². The molecule has 0 aliphatic rings. The van der Waals surface area contributed by atoms with Crippen LogP contribution in [0.1, 0.15) is 54.4 Å². The molecule has 0 bridgehead atoms. The Morgan fingerprint density at radius 1 is 0.952 bits per heavy atom. The van der Waals surface area contributed by atoms with Crippen molar-refractivity contribution in [2.45, 2.75) is 71.6 Å². The number of hydrogen-bond donors (Lipinski definition) is 2. The average molecular weight is 303 g/mol. The zero-order valence-corrected chi connectivity index (χ0v) is 13.5. The maximum atomic E-state index is 11.7. The summed E-state index contributed by atoms with van der Waals surface area (Å²) in [7, 11) is 0. The van der Waals surface area contributed by atoms with Crippen molar-refractivity contribution in [3.05, 3.63) is 0 Å². The fourth-order valence-electron chi connectivity index (χ4n) is 1.44. The highest BCUT2D eigenvalue weighted by Crippen LogP contribution is 2.12. The highest BCUT2D eigenvalue weighted by atomic mass is 16.6. The minimum atomic E-state index is -1.13. The molecule has 0 heterocycles. The van der Waals surface area contributed by atoms with E-state index in [2.05, 4.69) is 5.32 Å². The Kier molecular flexibility index (Phi) is 6.66. The van der Waals surface area contributed by atoms with Gasteiger partial charge in [0.1, 0.15) is 11.2 Å². The topological polar surface area (TPSA) is 102 Å². The minimum Gasteiger partial charge on any atom is -0.481 e. The van der Waals surface area contributed by atoms with E-state index in [1.807, 2.05) is 0 Å². The van der Waals surface area contributed by atoms with Gasteiger partial charge in [-0.1, -0.05) is 0 Å². The molecule has 7 heteroatoms. The Morgan fingerprint density at radius 3 is 1.81 bits per heavy atom. The number of rotatable bonds is 5. The number of esters is 1. The monoisotopic (exact) mass is 303 g/mol. The molecular formula is C14H25NO6. The van der Waals surface area contributed by atoms with Crippen LogP contribution in [0.5, 0.6) is 0 Å². The number of alkyl carbamates (subject to hydrolysis) is 1. The first-order valence-corrected chi connectivity index (χ1v) is 6.71. The van der Waals surface area contributed by atoms with Gasteiger partial charge < -0.3 is 19.9 Å². The van der Waals surface area contributed by atoms with Crippen molar-refractivity contribution < 1.29 is 29.0 Å². The summed E-state index contributed by atoms with van der Waals surface area (Å²) in [5.74, 6) is -1.70. The molecule has 0 spiro atoms. The second kappa shape index (κ2) is 7.28. The van der Waals surface area contributed by atoms with Crippen molar-refractivity contribution in [1.29, 1.82) is 0 Å². The minimum absolute atomic E-state index is 0.233. The molecule has 0 aromatic carbocycles. The molecule has 0 aliphatic carbocycles. The molecular weight excluding hydrogens is 278 g/mol. The highest BCUT2D eigenvalue weighted by molar-refractivity contribution is 5.76. The molecule has 0 aliphatic heterocycles. The van der Waals surface area contributed by atoms with E-state index < -0.39 is 41.7 Å². The number of nitrogens with one attached hydrogen (secondary N) is 1. The number of carbonyl (C=O) groups is 3. The number of aliphatic carboxylic acids is 1. The van der Waals surface area contributed by atoms with Crippen LogP contribution in [0.2, 0.25) is 0 Å². The molecule has 122 valence electrons. The van der Waals surface area contributed by atoms with Gasteiger partial charge in [-0.25, -0.2) is 4.79 Å². The van der Waals surface area contributed by atoms with Crippen LogP contribution in [-0.4, -0.2) is 40.4 Å². The normalized spacial score (nSPS) is 13.2. The van der Waals surface area contributed by atoms with E-state index in [1.165, 1.54) is 0 Å². The number of ether oxygens (including phenoxy) is 2. The van der Waals surface area contributed by atoms with Gasteiger partial charge in [0, 0.05) is 0 Å². The van der Waals surface area contributed by atoms with Crippen LogP contribution < -0.4 is 5.32 Å². The number of carbonyl (C=O) groups excluding carboxylic acids is 2. The summed E-state index contributed by atoms with van der Waals surface area (Å²) < 4.78 is 10.1. The van der Waals surface area contributed by atoms with E-state index >= 15 is 0 Å². The van der Waals surface area contributed by atoms with Crippen molar-refractivity contribution in [3.8, 4) is 0 Å². The van der Waals surface area contributed by atoms with Gasteiger partial charge in [0.15, 0.2) is 0 Å². The molecule has 0 saturated heterocycles. The van der Waals surface area contributed by atoms with Crippen molar-refractivity contribution in [1.82, 2.24) is 5.32 Å². The Hall–Kier alpha value is -1.79. The van der Waals surface area contributed by atoms with Crippen LogP contribution in [0.4, 0.5) is 4.79 Å². The molecule has 0 aromatic rings. The maximum Gasteiger partial charge on any atom is 0.407 e. The summed E-state index contributed by atoms with van der Waals surface area (Å²) in [6.07, 6.45) is -1.39. The molecule has 1 atom stereocenters. The van der Waals surface area contributed by atoms with Gasteiger partial charge in [-0.2, -0.15) is 0 Å². The third-order valence-corrected chi connectivity index (χ3v) is 1.97. The Bertz CT molecular complexity index is 361. The largest absolute Gasteiger partial charge is 0.481 e. The number of carboxylic acid groups (broad SMARTS) is 1. The molecule has 0 saturated carbocycles. The Morgan fingerprint density at radius 2 is 1.43 bits per heavy atom. The predicted octanol–water partition coefficient (Wildman–Crippen LogP) is 2.09. The van der Waals surface area contributed by atoms with E-state index in [-0.39, 0.29) is 6.42 Å². The van der Waals surface area contributed by atoms with Gasteiger partial charge in [0.05, 0.1) is 18.9 Å². The molecule has 21 heavy (non-hydrogen) atoms. The molecule has 0 rings (SSSR count). The third-order valence-electron chi connectivity index (χ3n) is 1.97. The van der Waals surface area contributed by atoms with Gasteiger partial charge in [-0.05, 0) is 41.5 Å². The van der Waals surface area contributed by atoms with E-state index in [4.69, 9.17) is 14.6 Å². The lowest BCUT2D eigenvalue weighted by molar-refractivity contribution is -0.155. The maximum absolute atomic E-state index is 11.7. The summed E-state index contributed by atoms with van der Waals surface area (Å²) in [5, 5.41) is 11.2. The summed E-state index contributed by atoms with van der Waals surface area (Å²) in [4.78, 5) is 34.1. The fourth-order valence-corrected chi connectivity index (χ4v) is 1.44. The molecule has 0 aromatic heterocycles. The Labute approximate surface area is 125 Å². The molecule has 2 N–H and O–H groups in total. The van der Waals surface area contributed by atoms with Crippen LogP contribution in [-0.2, 0) is 19.1 Å². The first kappa shape index (κ1) is 19.2. The van der Waals surface area contributed by atoms with E-state index in [1.54, 1.807) is 41.5 Å². The summed E-state index contributed by atoms with van der Waals surface area (Å²) in [6, 6.07) is -0.882. The van der Waals surface area contributed by atoms with Crippen molar-refractivity contribution in [2.24, 2.45) is 0 Å². The van der Waals surface area contributed by atoms with Crippen LogP contribution in [0.3, 0.4) is 0 Å². The van der Waals surface area contributed by atoms with Crippen LogP contribution in [0.25, 0.3) is 0 Å². The number of hydrogen-bond acceptors (Lipinski definition) is 5. The molecule has 0 fully saturated rings. The van der Waals surface area contributed by atoms with Gasteiger partial charge in [-0.3, -0.25) is 9.59 Å². The van der Waals surface area contributed by atoms with Gasteiger partial charge in [0.25, 0.3) is 0 Å². The van der Waals surface area contributed by atoms with E-state index in [0.717, 1.165) is 0 Å². The predicted molar refractivity (Wildman–Crippen MR) is 75.9 cm³/mol. The zero-order chi connectivity index (χ0) is 16.8. The van der Waals surface area contributed by atoms with Gasteiger partial charge in [0.2, 0.25) is 0 Å². The third kappa shape index (κ3) is 11.7. The van der Waals surface area contributed by atoms with Crippen molar-refractivity contribution >= 4 is 18.0 Å². The smallest absolute Gasteiger partial charge is 0.407 e. The standard InChI is InChI=1S/C14H25NO6/c1-13(2,3)20-11(18)8-9(7-10(16)17)15-12(19)21-14(4,5)6/h9H,7-8H2,1-6H3,(H,15,19)(H,16,17)/t9-/m0/s1. The molecule has 0 radical (unpaired) electrons. The summed E-state index contributed by atoms with van der Waals surface area (Å²) in [5.41, 5.74) is -1.37. The lowest BCUT2D eigenvalue weighted by Crippen LogP contribution is -2.42. The van der Waals surface area contributed by atoms with Crippen LogP contribution >= 0.6 is 0 Å². The molecule has 1 amide bonds. The zero-order valence-electron chi connectivity index (χ0n) is 13.5. The average Bonchev–Trinajstić information content (AvgIpc) is 2.07. The number of amides is 1.